The highest BCUT2D eigenvalue weighted by molar-refractivity contribution is 6.16. The first-order valence-electron chi connectivity index (χ1n) is 17.1. The fourth-order valence-corrected chi connectivity index (χ4v) is 5.79. The van der Waals surface area contributed by atoms with Crippen LogP contribution in [0.15, 0.2) is 30.3 Å². The van der Waals surface area contributed by atoms with E-state index in [2.05, 4.69) is 26.6 Å². The molecule has 1 aromatic rings. The third kappa shape index (κ3) is 10.8. The molecule has 5 amide bonds. The molecule has 15 nitrogen and oxygen atoms in total. The molecule has 0 spiro atoms. The molecule has 0 aromatic heterocycles. The molecule has 2 rings (SSSR count). The lowest BCUT2D eigenvalue weighted by atomic mass is 9.76. The predicted octanol–water partition coefficient (Wildman–Crippen LogP) is -0.373. The zero-order valence-electron chi connectivity index (χ0n) is 30.0. The van der Waals surface area contributed by atoms with Crippen LogP contribution in [0.25, 0.3) is 0 Å². The maximum absolute atomic E-state index is 14.9. The fraction of sp³-hybridized carbons (Fsp3) is 0.629. The number of nitrogens with two attached hydrogens (primary N) is 1. The lowest BCUT2D eigenvalue weighted by Gasteiger charge is -2.40. The van der Waals surface area contributed by atoms with Crippen molar-refractivity contribution >= 4 is 41.3 Å². The summed E-state index contributed by atoms with van der Waals surface area (Å²) in [4.78, 5) is 94.2. The summed E-state index contributed by atoms with van der Waals surface area (Å²) in [7, 11) is 1.18. The van der Waals surface area contributed by atoms with Crippen LogP contribution in [-0.4, -0.2) is 95.9 Å². The van der Waals surface area contributed by atoms with Crippen molar-refractivity contribution in [2.24, 2.45) is 23.5 Å². The van der Waals surface area contributed by atoms with Crippen LogP contribution in [0, 0.1) is 17.8 Å². The van der Waals surface area contributed by atoms with Crippen LogP contribution in [0.1, 0.15) is 72.8 Å². The van der Waals surface area contributed by atoms with Gasteiger partial charge in [0.05, 0.1) is 19.8 Å². The molecule has 50 heavy (non-hydrogen) atoms. The Morgan fingerprint density at radius 3 is 1.88 bits per heavy atom. The van der Waals surface area contributed by atoms with Gasteiger partial charge in [-0.15, -0.1) is 0 Å². The van der Waals surface area contributed by atoms with E-state index in [0.717, 1.165) is 12.8 Å². The summed E-state index contributed by atoms with van der Waals surface area (Å²) >= 11 is 0. The number of rotatable bonds is 18. The van der Waals surface area contributed by atoms with E-state index >= 15 is 0 Å². The summed E-state index contributed by atoms with van der Waals surface area (Å²) in [5, 5.41) is 22.0. The fourth-order valence-electron chi connectivity index (χ4n) is 5.79. The number of ketones is 1. The molecule has 1 aliphatic carbocycles. The number of carbonyl (C=O) groups is 7. The van der Waals surface area contributed by atoms with Gasteiger partial charge in [-0.25, -0.2) is 4.79 Å². The number of benzene rings is 1. The van der Waals surface area contributed by atoms with E-state index in [4.69, 9.17) is 15.6 Å². The number of esters is 1. The Balaban J connectivity index is 2.54. The number of aliphatic hydroxyl groups excluding tert-OH is 1. The van der Waals surface area contributed by atoms with Gasteiger partial charge in [0.15, 0.2) is 11.3 Å². The van der Waals surface area contributed by atoms with E-state index in [1.165, 1.54) is 21.0 Å². The van der Waals surface area contributed by atoms with Crippen molar-refractivity contribution < 1.29 is 43.4 Å². The summed E-state index contributed by atoms with van der Waals surface area (Å²) in [6.45, 7) is 8.69. The second kappa shape index (κ2) is 19.1. The van der Waals surface area contributed by atoms with Crippen LogP contribution in [0.3, 0.4) is 0 Å². The lowest BCUT2D eigenvalue weighted by Crippen LogP contribution is -2.72. The van der Waals surface area contributed by atoms with Gasteiger partial charge in [0, 0.05) is 5.92 Å². The van der Waals surface area contributed by atoms with E-state index in [1.54, 1.807) is 58.0 Å². The maximum atomic E-state index is 14.9. The maximum Gasteiger partial charge on any atom is 0.328 e. The van der Waals surface area contributed by atoms with E-state index in [0.29, 0.717) is 18.4 Å². The zero-order chi connectivity index (χ0) is 37.8. The first-order chi connectivity index (χ1) is 23.5. The van der Waals surface area contributed by atoms with Gasteiger partial charge in [0.25, 0.3) is 5.91 Å². The lowest BCUT2D eigenvalue weighted by molar-refractivity contribution is -0.152. The Morgan fingerprint density at radius 1 is 0.840 bits per heavy atom. The Hall–Kier alpha value is -4.37. The third-order valence-electron chi connectivity index (χ3n) is 9.02. The molecule has 1 unspecified atom stereocenters. The van der Waals surface area contributed by atoms with Gasteiger partial charge in [0.2, 0.25) is 23.6 Å². The topological polar surface area (TPSA) is 235 Å². The average molecular weight is 703 g/mol. The standard InChI is InChI=1S/C35H54N6O9/c1-19(2)27(33(48)50-7)40-34(49)35(20(3)4,41-31(46)24-15-11-12-16-24)28(43)26(17-23-13-9-8-10-14-23)39-30(45)22(6)37-29(44)21(5)38-32(47)25(36)18-42/h8-10,13-14,19-22,24-27,42H,11-12,15-18,36H2,1-7H3,(H,37,44)(H,38,47)(H,39,45)(H,40,49)(H,41,46)/t21-,22-,25-,26?,27-,35-/m0/s1. The number of methoxy groups -OCH3 is 1. The monoisotopic (exact) mass is 702 g/mol. The van der Waals surface area contributed by atoms with E-state index in [1.807, 2.05) is 0 Å². The number of hydrogen-bond donors (Lipinski definition) is 7. The second-order valence-corrected chi connectivity index (χ2v) is 13.5. The summed E-state index contributed by atoms with van der Waals surface area (Å²) in [5.41, 5.74) is 3.90. The number of amides is 5. The van der Waals surface area contributed by atoms with Gasteiger partial charge >= 0.3 is 5.97 Å². The molecule has 15 heteroatoms. The Kier molecular flexibility index (Phi) is 16.0. The van der Waals surface area contributed by atoms with E-state index in [9.17, 15) is 33.6 Å². The Bertz CT molecular complexity index is 1370. The number of aliphatic hydroxyl groups is 1. The van der Waals surface area contributed by atoms with E-state index < -0.39 is 101 Å². The Morgan fingerprint density at radius 2 is 1.38 bits per heavy atom. The molecular weight excluding hydrogens is 648 g/mol. The molecule has 1 aliphatic rings. The minimum atomic E-state index is -2.23. The van der Waals surface area contributed by atoms with Crippen LogP contribution < -0.4 is 32.3 Å². The molecule has 0 radical (unpaired) electrons. The van der Waals surface area contributed by atoms with Gasteiger partial charge in [-0.1, -0.05) is 70.9 Å². The summed E-state index contributed by atoms with van der Waals surface area (Å²) in [6.07, 6.45) is 2.72. The second-order valence-electron chi connectivity index (χ2n) is 13.5. The molecule has 0 heterocycles. The molecular formula is C35H54N6O9. The highest BCUT2D eigenvalue weighted by atomic mass is 16.5. The van der Waals surface area contributed by atoms with Crippen LogP contribution in [0.4, 0.5) is 0 Å². The smallest absolute Gasteiger partial charge is 0.328 e. The predicted molar refractivity (Wildman–Crippen MR) is 184 cm³/mol. The summed E-state index contributed by atoms with van der Waals surface area (Å²) < 4.78 is 4.90. The summed E-state index contributed by atoms with van der Waals surface area (Å²) in [5.74, 6) is -6.97. The van der Waals surface area contributed by atoms with Crippen molar-refractivity contribution in [1.29, 1.82) is 0 Å². The number of carbonyl (C=O) groups excluding carboxylic acids is 7. The molecule has 8 N–H and O–H groups in total. The minimum absolute atomic E-state index is 0.0801. The number of ether oxygens (including phenoxy) is 1. The molecule has 6 atom stereocenters. The zero-order valence-corrected chi connectivity index (χ0v) is 30.0. The molecule has 1 fully saturated rings. The minimum Gasteiger partial charge on any atom is -0.467 e. The quantitative estimate of drug-likeness (QED) is 0.0774. The largest absolute Gasteiger partial charge is 0.467 e. The molecule has 0 bridgehead atoms. The molecule has 1 aromatic carbocycles. The van der Waals surface area contributed by atoms with Gasteiger partial charge < -0.3 is 42.2 Å². The molecule has 0 aliphatic heterocycles. The van der Waals surface area contributed by atoms with Crippen molar-refractivity contribution in [2.45, 2.75) is 109 Å². The van der Waals surface area contributed by atoms with Crippen molar-refractivity contribution in [3.63, 3.8) is 0 Å². The van der Waals surface area contributed by atoms with Crippen molar-refractivity contribution in [3.8, 4) is 0 Å². The van der Waals surface area contributed by atoms with Gasteiger partial charge in [-0.05, 0) is 50.5 Å². The van der Waals surface area contributed by atoms with Gasteiger partial charge in [-0.3, -0.25) is 28.8 Å². The molecule has 1 saturated carbocycles. The SMILES string of the molecule is COC(=O)[C@@H](NC(=O)[C@@](NC(=O)C1CCCC1)(C(=O)C(Cc1ccccc1)NC(=O)[C@H](C)NC(=O)[C@H](C)NC(=O)[C@@H](N)CO)C(C)C)C(C)C. The number of Topliss-reactive ketones (excluding diaryl/α,β-unsaturated/α-hetero) is 1. The molecule has 278 valence electrons. The Labute approximate surface area is 293 Å². The van der Waals surface area contributed by atoms with Crippen LogP contribution in [-0.2, 0) is 44.7 Å². The highest BCUT2D eigenvalue weighted by Gasteiger charge is 2.54. The summed E-state index contributed by atoms with van der Waals surface area (Å²) in [6, 6.07) is 2.61. The van der Waals surface area contributed by atoms with Crippen LogP contribution in [0.2, 0.25) is 0 Å². The third-order valence-corrected chi connectivity index (χ3v) is 9.02. The van der Waals surface area contributed by atoms with Crippen molar-refractivity contribution in [1.82, 2.24) is 26.6 Å². The first kappa shape index (κ1) is 41.8. The van der Waals surface area contributed by atoms with Crippen LogP contribution >= 0.6 is 0 Å². The number of hydrogen-bond acceptors (Lipinski definition) is 10. The first-order valence-corrected chi connectivity index (χ1v) is 17.1. The normalized spacial score (nSPS) is 17.3. The number of nitrogens with one attached hydrogen (secondary N) is 5. The average Bonchev–Trinajstić information content (AvgIpc) is 3.63. The van der Waals surface area contributed by atoms with Gasteiger partial charge in [0.1, 0.15) is 24.2 Å². The van der Waals surface area contributed by atoms with Gasteiger partial charge in [-0.2, -0.15) is 0 Å². The van der Waals surface area contributed by atoms with Crippen molar-refractivity contribution in [3.05, 3.63) is 35.9 Å². The van der Waals surface area contributed by atoms with E-state index in [-0.39, 0.29) is 6.42 Å². The molecule has 0 saturated heterocycles. The van der Waals surface area contributed by atoms with Crippen LogP contribution in [0.5, 0.6) is 0 Å². The van der Waals surface area contributed by atoms with Crippen molar-refractivity contribution in [2.75, 3.05) is 13.7 Å². The highest BCUT2D eigenvalue weighted by Crippen LogP contribution is 2.29.